The molecule has 1 aromatic rings. The summed E-state index contributed by atoms with van der Waals surface area (Å²) in [5.74, 6) is 0.637. The van der Waals surface area contributed by atoms with E-state index in [1.165, 1.54) is 6.07 Å². The van der Waals surface area contributed by atoms with Gasteiger partial charge in [-0.25, -0.2) is 4.39 Å². The number of rotatable bonds is 6. The van der Waals surface area contributed by atoms with Crippen LogP contribution >= 0.6 is 0 Å². The topological polar surface area (TPSA) is 48.9 Å². The Morgan fingerprint density at radius 2 is 2.00 bits per heavy atom. The molecule has 5 nitrogen and oxygen atoms in total. The van der Waals surface area contributed by atoms with Gasteiger partial charge < -0.3 is 15.4 Å². The molecule has 1 aliphatic carbocycles. The number of morpholine rings is 1. The van der Waals surface area contributed by atoms with Gasteiger partial charge in [-0.3, -0.25) is 9.89 Å². The fraction of sp³-hybridized carbons (Fsp3) is 0.650. The fourth-order valence-electron chi connectivity index (χ4n) is 3.59. The van der Waals surface area contributed by atoms with Crippen molar-refractivity contribution in [2.24, 2.45) is 4.99 Å². The molecule has 0 atom stereocenters. The first-order valence-corrected chi connectivity index (χ1v) is 9.49. The highest BCUT2D eigenvalue weighted by Crippen LogP contribution is 2.47. The van der Waals surface area contributed by atoms with E-state index < -0.39 is 0 Å². The predicted molar refractivity (Wildman–Crippen MR) is 103 cm³/mol. The number of halogens is 1. The lowest BCUT2D eigenvalue weighted by Crippen LogP contribution is -2.56. The maximum absolute atomic E-state index is 13.5. The van der Waals surface area contributed by atoms with Gasteiger partial charge in [-0.1, -0.05) is 12.1 Å². The summed E-state index contributed by atoms with van der Waals surface area (Å²) in [4.78, 5) is 6.81. The molecule has 3 rings (SSSR count). The summed E-state index contributed by atoms with van der Waals surface area (Å²) in [6, 6.07) is 6.98. The number of nitrogens with zero attached hydrogens (tertiary/aromatic N) is 2. The van der Waals surface area contributed by atoms with Gasteiger partial charge in [0.05, 0.1) is 13.2 Å². The average Bonchev–Trinajstić information content (AvgIpc) is 3.44. The third kappa shape index (κ3) is 4.54. The van der Waals surface area contributed by atoms with Crippen LogP contribution in [-0.4, -0.2) is 62.8 Å². The molecule has 1 aromatic carbocycles. The van der Waals surface area contributed by atoms with Gasteiger partial charge in [0.15, 0.2) is 5.96 Å². The zero-order valence-electron chi connectivity index (χ0n) is 16.1. The summed E-state index contributed by atoms with van der Waals surface area (Å²) in [6.07, 6.45) is 2.17. The SMILES string of the molecule is CN=C(NCC1(c2cccc(F)c2)CC1)NCC(C)(C)N1CCOCC1. The average molecular weight is 362 g/mol. The van der Waals surface area contributed by atoms with Gasteiger partial charge in [0.2, 0.25) is 0 Å². The predicted octanol–water partition coefficient (Wildman–Crippen LogP) is 2.13. The number of aliphatic imine (C=N–C) groups is 1. The summed E-state index contributed by atoms with van der Waals surface area (Å²) in [5, 5.41) is 6.89. The van der Waals surface area contributed by atoms with E-state index in [1.807, 2.05) is 6.07 Å². The summed E-state index contributed by atoms with van der Waals surface area (Å²) < 4.78 is 19.0. The number of hydrogen-bond donors (Lipinski definition) is 2. The van der Waals surface area contributed by atoms with Crippen LogP contribution in [0.2, 0.25) is 0 Å². The fourth-order valence-corrected chi connectivity index (χ4v) is 3.59. The molecule has 0 unspecified atom stereocenters. The molecular weight excluding hydrogens is 331 g/mol. The monoisotopic (exact) mass is 362 g/mol. The van der Waals surface area contributed by atoms with Crippen LogP contribution in [0.3, 0.4) is 0 Å². The molecule has 1 aliphatic heterocycles. The minimum Gasteiger partial charge on any atom is -0.379 e. The third-order valence-electron chi connectivity index (χ3n) is 5.66. The smallest absolute Gasteiger partial charge is 0.191 e. The lowest BCUT2D eigenvalue weighted by atomic mass is 9.96. The lowest BCUT2D eigenvalue weighted by molar-refractivity contribution is -0.00834. The van der Waals surface area contributed by atoms with E-state index in [0.717, 1.165) is 63.8 Å². The summed E-state index contributed by atoms with van der Waals surface area (Å²) in [5.41, 5.74) is 1.15. The lowest BCUT2D eigenvalue weighted by Gasteiger charge is -2.41. The van der Waals surface area contributed by atoms with Crippen molar-refractivity contribution in [3.63, 3.8) is 0 Å². The Morgan fingerprint density at radius 1 is 1.27 bits per heavy atom. The van der Waals surface area contributed by atoms with Crippen LogP contribution in [0.25, 0.3) is 0 Å². The first kappa shape index (κ1) is 19.1. The van der Waals surface area contributed by atoms with Gasteiger partial charge in [0, 0.05) is 44.2 Å². The molecule has 144 valence electrons. The van der Waals surface area contributed by atoms with Gasteiger partial charge in [-0.15, -0.1) is 0 Å². The maximum atomic E-state index is 13.5. The maximum Gasteiger partial charge on any atom is 0.191 e. The van der Waals surface area contributed by atoms with Crippen LogP contribution in [0.4, 0.5) is 4.39 Å². The zero-order chi connectivity index (χ0) is 18.6. The Labute approximate surface area is 156 Å². The number of nitrogens with one attached hydrogen (secondary N) is 2. The van der Waals surface area contributed by atoms with Gasteiger partial charge >= 0.3 is 0 Å². The van der Waals surface area contributed by atoms with Crippen molar-refractivity contribution in [2.75, 3.05) is 46.4 Å². The Bertz CT molecular complexity index is 636. The van der Waals surface area contributed by atoms with Crippen molar-refractivity contribution < 1.29 is 9.13 Å². The Hall–Kier alpha value is -1.66. The molecule has 26 heavy (non-hydrogen) atoms. The first-order valence-electron chi connectivity index (χ1n) is 9.49. The van der Waals surface area contributed by atoms with Gasteiger partial charge in [-0.2, -0.15) is 0 Å². The minimum atomic E-state index is -0.163. The standard InChI is InChI=1S/C20H31FN4O/c1-19(2,25-9-11-26-12-10-25)14-23-18(22-3)24-15-20(7-8-20)16-5-4-6-17(21)13-16/h4-6,13H,7-12,14-15H2,1-3H3,(H2,22,23,24). The van der Waals surface area contributed by atoms with Gasteiger partial charge in [0.1, 0.15) is 5.82 Å². The molecule has 2 aliphatic rings. The second kappa shape index (κ2) is 7.92. The van der Waals surface area contributed by atoms with Gasteiger partial charge in [0.25, 0.3) is 0 Å². The van der Waals surface area contributed by atoms with Crippen molar-refractivity contribution in [1.82, 2.24) is 15.5 Å². The minimum absolute atomic E-state index is 0.0290. The van der Waals surface area contributed by atoms with Crippen LogP contribution in [0, 0.1) is 5.82 Å². The second-order valence-corrected chi connectivity index (χ2v) is 7.98. The largest absolute Gasteiger partial charge is 0.379 e. The second-order valence-electron chi connectivity index (χ2n) is 7.98. The molecule has 0 spiro atoms. The van der Waals surface area contributed by atoms with Crippen LogP contribution in [-0.2, 0) is 10.2 Å². The van der Waals surface area contributed by atoms with Crippen LogP contribution in [0.1, 0.15) is 32.3 Å². The van der Waals surface area contributed by atoms with E-state index in [0.29, 0.717) is 0 Å². The van der Waals surface area contributed by atoms with E-state index in [-0.39, 0.29) is 16.8 Å². The number of ether oxygens (including phenoxy) is 1. The molecule has 0 radical (unpaired) electrons. The van der Waals surface area contributed by atoms with Crippen molar-refractivity contribution >= 4 is 5.96 Å². The summed E-state index contributed by atoms with van der Waals surface area (Å²) >= 11 is 0. The quantitative estimate of drug-likeness (QED) is 0.601. The van der Waals surface area contributed by atoms with Crippen molar-refractivity contribution in [1.29, 1.82) is 0 Å². The highest BCUT2D eigenvalue weighted by atomic mass is 19.1. The van der Waals surface area contributed by atoms with E-state index in [1.54, 1.807) is 19.2 Å². The Balaban J connectivity index is 1.52. The third-order valence-corrected chi connectivity index (χ3v) is 5.66. The Kier molecular flexibility index (Phi) is 5.82. The molecular formula is C20H31FN4O. The van der Waals surface area contributed by atoms with Crippen LogP contribution in [0.15, 0.2) is 29.3 Å². The molecule has 1 heterocycles. The van der Waals surface area contributed by atoms with E-state index in [4.69, 9.17) is 4.74 Å². The molecule has 1 saturated carbocycles. The molecule has 6 heteroatoms. The van der Waals surface area contributed by atoms with Crippen LogP contribution in [0.5, 0.6) is 0 Å². The summed E-state index contributed by atoms with van der Waals surface area (Å²) in [6.45, 7) is 9.58. The first-order chi connectivity index (χ1) is 12.5. The van der Waals surface area contributed by atoms with Crippen LogP contribution < -0.4 is 10.6 Å². The van der Waals surface area contributed by atoms with Crippen molar-refractivity contribution in [3.05, 3.63) is 35.6 Å². The van der Waals surface area contributed by atoms with E-state index >= 15 is 0 Å². The Morgan fingerprint density at radius 3 is 2.62 bits per heavy atom. The number of hydrogen-bond acceptors (Lipinski definition) is 3. The molecule has 0 bridgehead atoms. The highest BCUT2D eigenvalue weighted by molar-refractivity contribution is 5.80. The zero-order valence-corrected chi connectivity index (χ0v) is 16.1. The number of guanidine groups is 1. The highest BCUT2D eigenvalue weighted by Gasteiger charge is 2.44. The molecule has 2 fully saturated rings. The molecule has 1 saturated heterocycles. The van der Waals surface area contributed by atoms with Gasteiger partial charge in [-0.05, 0) is 44.4 Å². The molecule has 0 aromatic heterocycles. The molecule has 0 amide bonds. The molecule has 2 N–H and O–H groups in total. The van der Waals surface area contributed by atoms with E-state index in [2.05, 4.69) is 34.4 Å². The summed E-state index contributed by atoms with van der Waals surface area (Å²) in [7, 11) is 1.79. The normalized spacial score (nSPS) is 20.7. The van der Waals surface area contributed by atoms with Crippen molar-refractivity contribution in [2.45, 2.75) is 37.6 Å². The van der Waals surface area contributed by atoms with E-state index in [9.17, 15) is 4.39 Å². The van der Waals surface area contributed by atoms with Crippen molar-refractivity contribution in [3.8, 4) is 0 Å². The number of benzene rings is 1.